The van der Waals surface area contributed by atoms with Crippen molar-refractivity contribution in [3.8, 4) is 11.5 Å². The van der Waals surface area contributed by atoms with Gasteiger partial charge >= 0.3 is 0 Å². The monoisotopic (exact) mass is 447 g/mol. The van der Waals surface area contributed by atoms with Crippen molar-refractivity contribution in [1.29, 1.82) is 0 Å². The van der Waals surface area contributed by atoms with Gasteiger partial charge in [-0.25, -0.2) is 5.43 Å². The Labute approximate surface area is 193 Å². The summed E-state index contributed by atoms with van der Waals surface area (Å²) in [4.78, 5) is 23.8. The summed E-state index contributed by atoms with van der Waals surface area (Å²) in [6.45, 7) is 2.15. The predicted molar refractivity (Wildman–Crippen MR) is 129 cm³/mol. The molecule has 1 rings (SSSR count). The maximum Gasteiger partial charge on any atom is 0.259 e. The van der Waals surface area contributed by atoms with Crippen LogP contribution in [0.4, 0.5) is 0 Å². The number of rotatable bonds is 18. The van der Waals surface area contributed by atoms with Gasteiger partial charge in [0.2, 0.25) is 5.91 Å². The Morgan fingerprint density at radius 2 is 1.50 bits per heavy atom. The number of hydrogen-bond donors (Lipinski definition) is 2. The van der Waals surface area contributed by atoms with Crippen LogP contribution in [0.5, 0.6) is 11.5 Å². The van der Waals surface area contributed by atoms with Crippen molar-refractivity contribution in [2.24, 2.45) is 5.10 Å². The normalized spacial score (nSPS) is 10.8. The summed E-state index contributed by atoms with van der Waals surface area (Å²) in [6.07, 6.45) is 15.6. The molecule has 0 aliphatic heterocycles. The van der Waals surface area contributed by atoms with Crippen molar-refractivity contribution in [3.63, 3.8) is 0 Å². The summed E-state index contributed by atoms with van der Waals surface area (Å²) in [6, 6.07) is 5.38. The number of hydrogen-bond acceptors (Lipinski definition) is 5. The molecule has 7 nitrogen and oxygen atoms in total. The number of benzene rings is 1. The first-order chi connectivity index (χ1) is 15.6. The Kier molecular flexibility index (Phi) is 15.5. The highest BCUT2D eigenvalue weighted by atomic mass is 16.5. The van der Waals surface area contributed by atoms with Crippen LogP contribution in [0.1, 0.15) is 89.5 Å². The lowest BCUT2D eigenvalue weighted by Gasteiger charge is -2.09. The van der Waals surface area contributed by atoms with Gasteiger partial charge in [-0.2, -0.15) is 5.10 Å². The molecular formula is C25H41N3O4. The molecule has 32 heavy (non-hydrogen) atoms. The Hall–Kier alpha value is -2.57. The second-order valence-electron chi connectivity index (χ2n) is 7.94. The van der Waals surface area contributed by atoms with Gasteiger partial charge in [0.15, 0.2) is 11.5 Å². The van der Waals surface area contributed by atoms with E-state index in [0.29, 0.717) is 23.5 Å². The first kappa shape index (κ1) is 27.5. The maximum absolute atomic E-state index is 11.9. The first-order valence-electron chi connectivity index (χ1n) is 11.9. The van der Waals surface area contributed by atoms with Gasteiger partial charge in [0.05, 0.1) is 27.0 Å². The number of unbranched alkanes of at least 4 members (excludes halogenated alkanes) is 10. The SMILES string of the molecule is CCCCCCCCCCCCCC(=O)NCC(=O)N/N=C\c1cccc(OC)c1OC. The largest absolute Gasteiger partial charge is 0.493 e. The van der Waals surface area contributed by atoms with E-state index in [4.69, 9.17) is 9.47 Å². The minimum atomic E-state index is -0.379. The zero-order valence-corrected chi connectivity index (χ0v) is 20.1. The average Bonchev–Trinajstić information content (AvgIpc) is 2.80. The molecule has 0 radical (unpaired) electrons. The smallest absolute Gasteiger partial charge is 0.259 e. The lowest BCUT2D eigenvalue weighted by molar-refractivity contribution is -0.126. The Bertz CT molecular complexity index is 692. The summed E-state index contributed by atoms with van der Waals surface area (Å²) < 4.78 is 10.5. The molecule has 2 N–H and O–H groups in total. The van der Waals surface area contributed by atoms with E-state index in [1.54, 1.807) is 32.4 Å². The van der Waals surface area contributed by atoms with E-state index in [2.05, 4.69) is 22.8 Å². The number of nitrogens with one attached hydrogen (secondary N) is 2. The molecule has 0 atom stereocenters. The van der Waals surface area contributed by atoms with Crippen LogP contribution in [0.2, 0.25) is 0 Å². The molecule has 7 heteroatoms. The molecule has 0 saturated heterocycles. The summed E-state index contributed by atoms with van der Waals surface area (Å²) in [7, 11) is 3.10. The van der Waals surface area contributed by atoms with Crippen molar-refractivity contribution in [2.45, 2.75) is 84.0 Å². The number of ether oxygens (including phenoxy) is 2. The Morgan fingerprint density at radius 1 is 0.875 bits per heavy atom. The Balaban J connectivity index is 2.10. The molecule has 180 valence electrons. The second-order valence-corrected chi connectivity index (χ2v) is 7.94. The fraction of sp³-hybridized carbons (Fsp3) is 0.640. The zero-order valence-electron chi connectivity index (χ0n) is 20.1. The van der Waals surface area contributed by atoms with E-state index in [0.717, 1.165) is 12.8 Å². The Morgan fingerprint density at radius 3 is 2.09 bits per heavy atom. The number of nitrogens with zero attached hydrogens (tertiary/aromatic N) is 1. The molecule has 0 spiro atoms. The molecule has 0 bridgehead atoms. The predicted octanol–water partition coefficient (Wildman–Crippen LogP) is 4.97. The second kappa shape index (κ2) is 18.0. The van der Waals surface area contributed by atoms with Gasteiger partial charge in [0.1, 0.15) is 0 Å². The minimum Gasteiger partial charge on any atom is -0.493 e. The van der Waals surface area contributed by atoms with Gasteiger partial charge in [0.25, 0.3) is 5.91 Å². The third-order valence-corrected chi connectivity index (χ3v) is 5.28. The number of hydrazone groups is 1. The number of amides is 2. The fourth-order valence-corrected chi connectivity index (χ4v) is 3.44. The van der Waals surface area contributed by atoms with E-state index < -0.39 is 0 Å². The average molecular weight is 448 g/mol. The number of carbonyl (C=O) groups is 2. The summed E-state index contributed by atoms with van der Waals surface area (Å²) in [5.74, 6) is 0.635. The van der Waals surface area contributed by atoms with E-state index in [9.17, 15) is 9.59 Å². The third kappa shape index (κ3) is 12.3. The van der Waals surface area contributed by atoms with Gasteiger partial charge in [-0.05, 0) is 18.6 Å². The van der Waals surface area contributed by atoms with Crippen molar-refractivity contribution in [2.75, 3.05) is 20.8 Å². The summed E-state index contributed by atoms with van der Waals surface area (Å²) in [5.41, 5.74) is 3.08. The van der Waals surface area contributed by atoms with Crippen molar-refractivity contribution >= 4 is 18.0 Å². The number of carbonyl (C=O) groups excluding carboxylic acids is 2. The van der Waals surface area contributed by atoms with Crippen LogP contribution < -0.4 is 20.2 Å². The zero-order chi connectivity index (χ0) is 23.4. The molecule has 0 saturated carbocycles. The highest BCUT2D eigenvalue weighted by Crippen LogP contribution is 2.29. The van der Waals surface area contributed by atoms with Crippen LogP contribution in [-0.4, -0.2) is 38.8 Å². The van der Waals surface area contributed by atoms with Crippen LogP contribution in [0, 0.1) is 0 Å². The molecule has 1 aromatic carbocycles. The topological polar surface area (TPSA) is 89.0 Å². The highest BCUT2D eigenvalue weighted by Gasteiger charge is 2.08. The van der Waals surface area contributed by atoms with Crippen molar-refractivity contribution in [3.05, 3.63) is 23.8 Å². The lowest BCUT2D eigenvalue weighted by Crippen LogP contribution is -2.34. The van der Waals surface area contributed by atoms with E-state index in [1.807, 2.05) is 0 Å². The standard InChI is InChI=1S/C25H41N3O4/c1-4-5-6-7-8-9-10-11-12-13-14-18-23(29)26-20-24(30)28-27-19-21-16-15-17-22(31-2)25(21)32-3/h15-17,19H,4-14,18,20H2,1-3H3,(H,26,29)(H,28,30)/b27-19-. The molecule has 0 fully saturated rings. The van der Waals surface area contributed by atoms with Gasteiger partial charge in [-0.1, -0.05) is 77.2 Å². The quantitative estimate of drug-likeness (QED) is 0.189. The highest BCUT2D eigenvalue weighted by molar-refractivity contribution is 5.88. The van der Waals surface area contributed by atoms with Gasteiger partial charge in [-0.3, -0.25) is 9.59 Å². The molecule has 0 heterocycles. The molecule has 0 aliphatic carbocycles. The van der Waals surface area contributed by atoms with Crippen LogP contribution in [-0.2, 0) is 9.59 Å². The fourth-order valence-electron chi connectivity index (χ4n) is 3.44. The maximum atomic E-state index is 11.9. The minimum absolute atomic E-state index is 0.0938. The van der Waals surface area contributed by atoms with Crippen molar-refractivity contribution in [1.82, 2.24) is 10.7 Å². The molecule has 0 aliphatic rings. The van der Waals surface area contributed by atoms with Gasteiger partial charge in [-0.15, -0.1) is 0 Å². The van der Waals surface area contributed by atoms with E-state index >= 15 is 0 Å². The molecule has 0 unspecified atom stereocenters. The molecular weight excluding hydrogens is 406 g/mol. The third-order valence-electron chi connectivity index (χ3n) is 5.28. The van der Waals surface area contributed by atoms with Gasteiger partial charge < -0.3 is 14.8 Å². The van der Waals surface area contributed by atoms with Gasteiger partial charge in [0, 0.05) is 12.0 Å². The van der Waals surface area contributed by atoms with E-state index in [1.165, 1.54) is 64.0 Å². The molecule has 0 aromatic heterocycles. The summed E-state index contributed by atoms with van der Waals surface area (Å²) in [5, 5.41) is 6.56. The van der Waals surface area contributed by atoms with Crippen LogP contribution in [0.15, 0.2) is 23.3 Å². The number of para-hydroxylation sites is 1. The van der Waals surface area contributed by atoms with Crippen LogP contribution in [0.25, 0.3) is 0 Å². The van der Waals surface area contributed by atoms with E-state index in [-0.39, 0.29) is 18.4 Å². The number of methoxy groups -OCH3 is 2. The summed E-state index contributed by atoms with van der Waals surface area (Å²) >= 11 is 0. The lowest BCUT2D eigenvalue weighted by atomic mass is 10.1. The van der Waals surface area contributed by atoms with Crippen molar-refractivity contribution < 1.29 is 19.1 Å². The first-order valence-corrected chi connectivity index (χ1v) is 11.9. The molecule has 1 aromatic rings. The van der Waals surface area contributed by atoms with Crippen LogP contribution in [0.3, 0.4) is 0 Å². The molecule has 2 amide bonds. The van der Waals surface area contributed by atoms with Crippen LogP contribution >= 0.6 is 0 Å².